The van der Waals surface area contributed by atoms with Crippen molar-refractivity contribution in [3.8, 4) is 0 Å². The number of fused-ring (bicyclic) bond motifs is 1. The Kier molecular flexibility index (Phi) is 4.08. The summed E-state index contributed by atoms with van der Waals surface area (Å²) in [6.45, 7) is 1.83. The summed E-state index contributed by atoms with van der Waals surface area (Å²) in [4.78, 5) is 3.60. The molecule has 19 heavy (non-hydrogen) atoms. The van der Waals surface area contributed by atoms with Crippen molar-refractivity contribution in [1.82, 2.24) is 4.90 Å². The molecule has 2 nitrogen and oxygen atoms in total. The van der Waals surface area contributed by atoms with Gasteiger partial charge in [-0.05, 0) is 18.9 Å². The first-order chi connectivity index (χ1) is 9.29. The number of thiophene rings is 1. The number of aliphatic hydroxyl groups is 1. The molecule has 1 saturated carbocycles. The molecule has 102 valence electrons. The van der Waals surface area contributed by atoms with E-state index in [1.165, 1.54) is 28.8 Å². The van der Waals surface area contributed by atoms with Crippen molar-refractivity contribution < 1.29 is 5.11 Å². The number of hydrogen-bond donors (Lipinski definition) is 1. The van der Waals surface area contributed by atoms with E-state index in [4.69, 9.17) is 11.6 Å². The number of halogens is 1. The summed E-state index contributed by atoms with van der Waals surface area (Å²) < 4.78 is 1.25. The summed E-state index contributed by atoms with van der Waals surface area (Å²) in [5.74, 6) is 0. The quantitative estimate of drug-likeness (QED) is 0.904. The first-order valence-corrected chi connectivity index (χ1v) is 8.00. The van der Waals surface area contributed by atoms with Crippen LogP contribution in [0.1, 0.15) is 24.1 Å². The Morgan fingerprint density at radius 3 is 2.74 bits per heavy atom. The zero-order valence-electron chi connectivity index (χ0n) is 10.8. The smallest absolute Gasteiger partial charge is 0.0637 e. The Labute approximate surface area is 122 Å². The topological polar surface area (TPSA) is 23.5 Å². The maximum absolute atomic E-state index is 9.22. The van der Waals surface area contributed by atoms with Crippen LogP contribution < -0.4 is 0 Å². The van der Waals surface area contributed by atoms with E-state index in [-0.39, 0.29) is 6.61 Å². The van der Waals surface area contributed by atoms with E-state index < -0.39 is 0 Å². The van der Waals surface area contributed by atoms with E-state index in [2.05, 4.69) is 23.1 Å². The van der Waals surface area contributed by atoms with Gasteiger partial charge in [-0.2, -0.15) is 0 Å². The van der Waals surface area contributed by atoms with Crippen molar-refractivity contribution in [2.24, 2.45) is 0 Å². The minimum Gasteiger partial charge on any atom is -0.395 e. The summed E-state index contributed by atoms with van der Waals surface area (Å²) >= 11 is 8.26. The van der Waals surface area contributed by atoms with Crippen molar-refractivity contribution in [2.75, 3.05) is 13.2 Å². The van der Waals surface area contributed by atoms with Gasteiger partial charge < -0.3 is 5.11 Å². The normalized spacial score (nSPS) is 16.2. The Bertz CT molecular complexity index is 564. The molecule has 0 radical (unpaired) electrons. The highest BCUT2D eigenvalue weighted by Gasteiger charge is 2.25. The van der Waals surface area contributed by atoms with Crippen LogP contribution >= 0.6 is 22.9 Å². The number of benzene rings is 1. The molecule has 1 heterocycles. The molecule has 1 aromatic heterocycles. The maximum Gasteiger partial charge on any atom is 0.0637 e. The van der Waals surface area contributed by atoms with Crippen molar-refractivity contribution in [2.45, 2.75) is 31.8 Å². The third kappa shape index (κ3) is 2.65. The van der Waals surface area contributed by atoms with Crippen molar-refractivity contribution in [3.63, 3.8) is 0 Å². The Balaban J connectivity index is 1.84. The number of aliphatic hydroxyl groups excluding tert-OH is 1. The molecule has 1 aromatic carbocycles. The number of rotatable bonds is 5. The predicted octanol–water partition coefficient (Wildman–Crippen LogP) is 3.90. The molecule has 0 amide bonds. The summed E-state index contributed by atoms with van der Waals surface area (Å²) in [6, 6.07) is 8.92. The lowest BCUT2D eigenvalue weighted by Gasteiger charge is -2.37. The summed E-state index contributed by atoms with van der Waals surface area (Å²) in [5, 5.41) is 11.3. The van der Waals surface area contributed by atoms with Gasteiger partial charge in [0.05, 0.1) is 11.6 Å². The van der Waals surface area contributed by atoms with Crippen LogP contribution in [0.4, 0.5) is 0 Å². The summed E-state index contributed by atoms with van der Waals surface area (Å²) in [6.07, 6.45) is 3.82. The molecular weight excluding hydrogens is 278 g/mol. The predicted molar refractivity (Wildman–Crippen MR) is 82.0 cm³/mol. The fourth-order valence-corrected chi connectivity index (χ4v) is 4.14. The minimum atomic E-state index is 0.221. The zero-order valence-corrected chi connectivity index (χ0v) is 12.4. The number of nitrogens with zero attached hydrogens (tertiary/aromatic N) is 1. The average Bonchev–Trinajstić information content (AvgIpc) is 2.65. The Morgan fingerprint density at radius 1 is 1.32 bits per heavy atom. The third-order valence-electron chi connectivity index (χ3n) is 3.93. The van der Waals surface area contributed by atoms with E-state index in [0.29, 0.717) is 6.04 Å². The second kappa shape index (κ2) is 5.80. The van der Waals surface area contributed by atoms with Crippen LogP contribution in [0.2, 0.25) is 5.02 Å². The van der Waals surface area contributed by atoms with E-state index in [0.717, 1.165) is 23.5 Å². The van der Waals surface area contributed by atoms with Crippen LogP contribution in [-0.4, -0.2) is 29.2 Å². The third-order valence-corrected chi connectivity index (χ3v) is 5.63. The Hall–Kier alpha value is -0.610. The molecular formula is C15H18ClNOS. The van der Waals surface area contributed by atoms with E-state index in [1.54, 1.807) is 11.3 Å². The first kappa shape index (κ1) is 13.4. The molecule has 0 saturated heterocycles. The van der Waals surface area contributed by atoms with Crippen LogP contribution in [0.5, 0.6) is 0 Å². The highest BCUT2D eigenvalue weighted by atomic mass is 35.5. The summed E-state index contributed by atoms with van der Waals surface area (Å²) in [7, 11) is 0. The molecule has 0 atom stereocenters. The largest absolute Gasteiger partial charge is 0.395 e. The molecule has 1 fully saturated rings. The van der Waals surface area contributed by atoms with Crippen LogP contribution in [0, 0.1) is 0 Å². The van der Waals surface area contributed by atoms with Gasteiger partial charge in [0.15, 0.2) is 0 Å². The van der Waals surface area contributed by atoms with Gasteiger partial charge in [0, 0.05) is 34.1 Å². The zero-order chi connectivity index (χ0) is 13.2. The molecule has 0 aliphatic heterocycles. The number of hydrogen-bond acceptors (Lipinski definition) is 3. The van der Waals surface area contributed by atoms with Crippen molar-refractivity contribution in [3.05, 3.63) is 34.2 Å². The molecule has 1 aliphatic rings. The molecule has 0 bridgehead atoms. The molecule has 4 heteroatoms. The molecule has 0 spiro atoms. The first-order valence-electron chi connectivity index (χ1n) is 6.80. The van der Waals surface area contributed by atoms with Crippen LogP contribution in [-0.2, 0) is 6.54 Å². The van der Waals surface area contributed by atoms with Crippen molar-refractivity contribution in [1.29, 1.82) is 0 Å². The van der Waals surface area contributed by atoms with Crippen molar-refractivity contribution >= 4 is 33.0 Å². The Morgan fingerprint density at radius 2 is 2.11 bits per heavy atom. The van der Waals surface area contributed by atoms with Gasteiger partial charge in [0.25, 0.3) is 0 Å². The monoisotopic (exact) mass is 295 g/mol. The van der Waals surface area contributed by atoms with Crippen LogP contribution in [0.3, 0.4) is 0 Å². The fraction of sp³-hybridized carbons (Fsp3) is 0.467. The highest BCUT2D eigenvalue weighted by molar-refractivity contribution is 7.19. The molecule has 1 N–H and O–H groups in total. The van der Waals surface area contributed by atoms with Gasteiger partial charge in [-0.3, -0.25) is 4.90 Å². The van der Waals surface area contributed by atoms with Gasteiger partial charge in [0.1, 0.15) is 0 Å². The average molecular weight is 296 g/mol. The maximum atomic E-state index is 9.22. The van der Waals surface area contributed by atoms with E-state index in [9.17, 15) is 5.11 Å². The second-order valence-electron chi connectivity index (χ2n) is 5.11. The fourth-order valence-electron chi connectivity index (χ4n) is 2.62. The summed E-state index contributed by atoms with van der Waals surface area (Å²) in [5.41, 5.74) is 0. The second-order valence-corrected chi connectivity index (χ2v) is 6.63. The standard InChI is InChI=1S/C15H18ClNOS/c16-15-12-6-1-2-7-13(12)19-14(15)10-17(8-9-18)11-4-3-5-11/h1-2,6-7,11,18H,3-5,8-10H2. The van der Waals surface area contributed by atoms with E-state index in [1.807, 2.05) is 6.07 Å². The molecule has 1 aliphatic carbocycles. The lowest BCUT2D eigenvalue weighted by molar-refractivity contribution is 0.0956. The van der Waals surface area contributed by atoms with Gasteiger partial charge in [-0.1, -0.05) is 36.2 Å². The highest BCUT2D eigenvalue weighted by Crippen LogP contribution is 2.37. The van der Waals surface area contributed by atoms with E-state index >= 15 is 0 Å². The van der Waals surface area contributed by atoms with Crippen LogP contribution in [0.25, 0.3) is 10.1 Å². The molecule has 0 unspecified atom stereocenters. The van der Waals surface area contributed by atoms with Gasteiger partial charge >= 0.3 is 0 Å². The SMILES string of the molecule is OCCN(Cc1sc2ccccc2c1Cl)C1CCC1. The van der Waals surface area contributed by atoms with Gasteiger partial charge in [-0.25, -0.2) is 0 Å². The molecule has 3 rings (SSSR count). The van der Waals surface area contributed by atoms with Gasteiger partial charge in [0.2, 0.25) is 0 Å². The lowest BCUT2D eigenvalue weighted by Crippen LogP contribution is -2.41. The molecule has 2 aromatic rings. The van der Waals surface area contributed by atoms with Gasteiger partial charge in [-0.15, -0.1) is 11.3 Å². The minimum absolute atomic E-state index is 0.221. The van der Waals surface area contributed by atoms with Crippen LogP contribution in [0.15, 0.2) is 24.3 Å². The lowest BCUT2D eigenvalue weighted by atomic mass is 9.91.